The number of hydrogen-bond acceptors (Lipinski definition) is 4. The molecule has 2 rings (SSSR count). The Kier molecular flexibility index (Phi) is 5.31. The summed E-state index contributed by atoms with van der Waals surface area (Å²) >= 11 is 0. The van der Waals surface area contributed by atoms with Gasteiger partial charge in [0.2, 0.25) is 5.91 Å². The minimum atomic E-state index is -0.0214. The molecular formula is C16H25N3O2. The molecule has 2 heterocycles. The van der Waals surface area contributed by atoms with E-state index in [9.17, 15) is 4.79 Å². The summed E-state index contributed by atoms with van der Waals surface area (Å²) in [5.74, 6) is 0.593. The Hall–Kier alpha value is -1.46. The molecular weight excluding hydrogens is 266 g/mol. The van der Waals surface area contributed by atoms with Crippen LogP contribution in [0.4, 0.5) is 5.82 Å². The second-order valence-corrected chi connectivity index (χ2v) is 6.11. The topological polar surface area (TPSA) is 54.5 Å². The fourth-order valence-electron chi connectivity index (χ4n) is 2.22. The predicted molar refractivity (Wildman–Crippen MR) is 83.4 cm³/mol. The lowest BCUT2D eigenvalue weighted by molar-refractivity contribution is -0.118. The number of nitrogens with zero attached hydrogens (tertiary/aromatic N) is 2. The zero-order valence-electron chi connectivity index (χ0n) is 13.2. The summed E-state index contributed by atoms with van der Waals surface area (Å²) in [4.78, 5) is 18.4. The molecule has 1 aromatic heterocycles. The van der Waals surface area contributed by atoms with Crippen molar-refractivity contribution in [3.63, 3.8) is 0 Å². The van der Waals surface area contributed by atoms with Gasteiger partial charge in [-0.05, 0) is 23.5 Å². The Morgan fingerprint density at radius 2 is 2.10 bits per heavy atom. The van der Waals surface area contributed by atoms with Gasteiger partial charge in [-0.3, -0.25) is 9.69 Å². The van der Waals surface area contributed by atoms with E-state index in [0.717, 1.165) is 19.5 Å². The van der Waals surface area contributed by atoms with Crippen LogP contribution in [0.15, 0.2) is 18.3 Å². The summed E-state index contributed by atoms with van der Waals surface area (Å²) < 4.78 is 5.27. The van der Waals surface area contributed by atoms with Gasteiger partial charge in [-0.1, -0.05) is 26.8 Å². The summed E-state index contributed by atoms with van der Waals surface area (Å²) in [5, 5.41) is 2.85. The summed E-state index contributed by atoms with van der Waals surface area (Å²) in [7, 11) is 0. The van der Waals surface area contributed by atoms with Crippen molar-refractivity contribution in [2.24, 2.45) is 0 Å². The van der Waals surface area contributed by atoms with Crippen LogP contribution < -0.4 is 5.32 Å². The van der Waals surface area contributed by atoms with Crippen LogP contribution in [0.1, 0.15) is 32.8 Å². The zero-order valence-corrected chi connectivity index (χ0v) is 13.2. The van der Waals surface area contributed by atoms with Gasteiger partial charge in [-0.2, -0.15) is 0 Å². The Labute approximate surface area is 126 Å². The van der Waals surface area contributed by atoms with Gasteiger partial charge >= 0.3 is 0 Å². The third-order valence-electron chi connectivity index (χ3n) is 4.17. The van der Waals surface area contributed by atoms with Gasteiger partial charge < -0.3 is 10.1 Å². The van der Waals surface area contributed by atoms with Gasteiger partial charge in [0.25, 0.3) is 0 Å². The van der Waals surface area contributed by atoms with E-state index < -0.39 is 0 Å². The van der Waals surface area contributed by atoms with Crippen molar-refractivity contribution in [3.8, 4) is 0 Å². The van der Waals surface area contributed by atoms with Crippen LogP contribution in [0.25, 0.3) is 0 Å². The number of pyridine rings is 1. The average molecular weight is 291 g/mol. The van der Waals surface area contributed by atoms with Crippen molar-refractivity contribution < 1.29 is 9.53 Å². The molecule has 0 bridgehead atoms. The molecule has 5 heteroatoms. The lowest BCUT2D eigenvalue weighted by atomic mass is 9.83. The van der Waals surface area contributed by atoms with Crippen LogP contribution in [0.3, 0.4) is 0 Å². The second-order valence-electron chi connectivity index (χ2n) is 6.11. The van der Waals surface area contributed by atoms with Crippen molar-refractivity contribution in [2.75, 3.05) is 38.2 Å². The van der Waals surface area contributed by atoms with Gasteiger partial charge in [0, 0.05) is 19.3 Å². The van der Waals surface area contributed by atoms with Crippen molar-refractivity contribution in [1.29, 1.82) is 0 Å². The quantitative estimate of drug-likeness (QED) is 0.902. The SMILES string of the molecule is CCC(C)(C)c1ccc(NC(=O)CN2CCOCC2)nc1. The highest BCUT2D eigenvalue weighted by molar-refractivity contribution is 5.91. The number of anilines is 1. The monoisotopic (exact) mass is 291 g/mol. The zero-order chi connectivity index (χ0) is 15.3. The van der Waals surface area contributed by atoms with Crippen molar-refractivity contribution in [2.45, 2.75) is 32.6 Å². The number of rotatable bonds is 5. The maximum Gasteiger partial charge on any atom is 0.239 e. The molecule has 5 nitrogen and oxygen atoms in total. The van der Waals surface area contributed by atoms with Crippen molar-refractivity contribution in [1.82, 2.24) is 9.88 Å². The number of ether oxygens (including phenoxy) is 1. The minimum absolute atomic E-state index is 0.0214. The van der Waals surface area contributed by atoms with E-state index in [1.807, 2.05) is 18.3 Å². The lowest BCUT2D eigenvalue weighted by Crippen LogP contribution is -2.41. The second kappa shape index (κ2) is 7.00. The summed E-state index contributed by atoms with van der Waals surface area (Å²) in [6.45, 7) is 9.97. The maximum atomic E-state index is 12.0. The summed E-state index contributed by atoms with van der Waals surface area (Å²) in [5.41, 5.74) is 1.31. The number of carbonyl (C=O) groups is 1. The standard InChI is InChI=1S/C16H25N3O2/c1-4-16(2,3)13-5-6-14(17-11-13)18-15(20)12-19-7-9-21-10-8-19/h5-6,11H,4,7-10,12H2,1-3H3,(H,17,18,20). The van der Waals surface area contributed by atoms with Crippen LogP contribution in [0.2, 0.25) is 0 Å². The number of hydrogen-bond donors (Lipinski definition) is 1. The lowest BCUT2D eigenvalue weighted by Gasteiger charge is -2.25. The third kappa shape index (κ3) is 4.51. The molecule has 0 unspecified atom stereocenters. The van der Waals surface area contributed by atoms with E-state index >= 15 is 0 Å². The van der Waals surface area contributed by atoms with Gasteiger partial charge in [0.05, 0.1) is 19.8 Å². The first-order valence-electron chi connectivity index (χ1n) is 7.58. The first kappa shape index (κ1) is 15.9. The molecule has 1 aromatic rings. The molecule has 0 aliphatic carbocycles. The highest BCUT2D eigenvalue weighted by Crippen LogP contribution is 2.26. The summed E-state index contributed by atoms with van der Waals surface area (Å²) in [6.07, 6.45) is 2.91. The molecule has 1 fully saturated rings. The molecule has 0 radical (unpaired) electrons. The van der Waals surface area contributed by atoms with Crippen LogP contribution in [-0.4, -0.2) is 48.6 Å². The van der Waals surface area contributed by atoms with Crippen LogP contribution in [-0.2, 0) is 14.9 Å². The van der Waals surface area contributed by atoms with Gasteiger partial charge in [0.15, 0.2) is 0 Å². The molecule has 21 heavy (non-hydrogen) atoms. The first-order valence-corrected chi connectivity index (χ1v) is 7.58. The van der Waals surface area contributed by atoms with Crippen LogP contribution in [0.5, 0.6) is 0 Å². The van der Waals surface area contributed by atoms with Gasteiger partial charge in [-0.25, -0.2) is 4.98 Å². The fraction of sp³-hybridized carbons (Fsp3) is 0.625. The highest BCUT2D eigenvalue weighted by Gasteiger charge is 2.18. The van der Waals surface area contributed by atoms with E-state index in [1.54, 1.807) is 0 Å². The molecule has 0 aromatic carbocycles. The average Bonchev–Trinajstić information content (AvgIpc) is 2.48. The Morgan fingerprint density at radius 3 is 2.67 bits per heavy atom. The van der Waals surface area contributed by atoms with Crippen LogP contribution >= 0.6 is 0 Å². The third-order valence-corrected chi connectivity index (χ3v) is 4.17. The normalized spacial score (nSPS) is 16.7. The molecule has 0 atom stereocenters. The van der Waals surface area contributed by atoms with Crippen LogP contribution in [0, 0.1) is 0 Å². The van der Waals surface area contributed by atoms with E-state index in [2.05, 4.69) is 36.0 Å². The first-order chi connectivity index (χ1) is 10.0. The largest absolute Gasteiger partial charge is 0.379 e. The minimum Gasteiger partial charge on any atom is -0.379 e. The van der Waals surface area contributed by atoms with E-state index in [1.165, 1.54) is 5.56 Å². The number of nitrogens with one attached hydrogen (secondary N) is 1. The Morgan fingerprint density at radius 1 is 1.38 bits per heavy atom. The summed E-state index contributed by atoms with van der Waals surface area (Å²) in [6, 6.07) is 3.92. The molecule has 1 aliphatic rings. The molecule has 1 aliphatic heterocycles. The number of carbonyl (C=O) groups excluding carboxylic acids is 1. The van der Waals surface area contributed by atoms with Crippen molar-refractivity contribution in [3.05, 3.63) is 23.9 Å². The van der Waals surface area contributed by atoms with Crippen molar-refractivity contribution >= 4 is 11.7 Å². The molecule has 0 spiro atoms. The van der Waals surface area contributed by atoms with E-state index in [-0.39, 0.29) is 11.3 Å². The van der Waals surface area contributed by atoms with Gasteiger partial charge in [-0.15, -0.1) is 0 Å². The van der Waals surface area contributed by atoms with E-state index in [0.29, 0.717) is 25.6 Å². The van der Waals surface area contributed by atoms with E-state index in [4.69, 9.17) is 4.74 Å². The number of aromatic nitrogens is 1. The van der Waals surface area contributed by atoms with Gasteiger partial charge in [0.1, 0.15) is 5.82 Å². The Bertz CT molecular complexity index is 465. The fourth-order valence-corrected chi connectivity index (χ4v) is 2.22. The highest BCUT2D eigenvalue weighted by atomic mass is 16.5. The number of morpholine rings is 1. The smallest absolute Gasteiger partial charge is 0.239 e. The maximum absolute atomic E-state index is 12.0. The molecule has 1 N–H and O–H groups in total. The molecule has 0 saturated carbocycles. The molecule has 116 valence electrons. The molecule has 1 amide bonds. The molecule has 1 saturated heterocycles. The number of amides is 1. The predicted octanol–water partition coefficient (Wildman–Crippen LogP) is 2.04. The Balaban J connectivity index is 1.89.